The highest BCUT2D eigenvalue weighted by Crippen LogP contribution is 2.47. The van der Waals surface area contributed by atoms with Crippen molar-refractivity contribution in [2.45, 2.75) is 38.8 Å². The maximum absolute atomic E-state index is 12.9. The molecule has 1 rings (SSSR count). The Bertz CT molecular complexity index is 298. The lowest BCUT2D eigenvalue weighted by atomic mass is 9.72. The fourth-order valence-electron chi connectivity index (χ4n) is 1.91. The van der Waals surface area contributed by atoms with Crippen molar-refractivity contribution in [2.75, 3.05) is 6.61 Å². The van der Waals surface area contributed by atoms with Gasteiger partial charge in [0.1, 0.15) is 0 Å². The van der Waals surface area contributed by atoms with Gasteiger partial charge >= 0.3 is 12.1 Å². The fourth-order valence-corrected chi connectivity index (χ4v) is 1.91. The van der Waals surface area contributed by atoms with Crippen LogP contribution < -0.4 is 0 Å². The van der Waals surface area contributed by atoms with E-state index in [0.29, 0.717) is 6.42 Å². The summed E-state index contributed by atoms with van der Waals surface area (Å²) < 4.78 is 43.1. The quantitative estimate of drug-likeness (QED) is 0.547. The summed E-state index contributed by atoms with van der Waals surface area (Å²) in [6.07, 6.45) is -4.95. The highest BCUT2D eigenvalue weighted by atomic mass is 19.4. The van der Waals surface area contributed by atoms with E-state index in [9.17, 15) is 22.8 Å². The summed E-state index contributed by atoms with van der Waals surface area (Å²) in [5.74, 6) is -2.52. The molecule has 1 aliphatic rings. The number of ketones is 1. The molecule has 0 saturated heterocycles. The second-order valence-corrected chi connectivity index (χ2v) is 3.75. The van der Waals surface area contributed by atoms with E-state index in [2.05, 4.69) is 4.74 Å². The van der Waals surface area contributed by atoms with Gasteiger partial charge in [-0.15, -0.1) is 0 Å². The van der Waals surface area contributed by atoms with Crippen molar-refractivity contribution in [1.82, 2.24) is 0 Å². The molecule has 0 aromatic rings. The molecule has 0 N–H and O–H groups in total. The zero-order chi connectivity index (χ0) is 12.4. The standard InChI is InChI=1S/C10H13F3O3/c1-2-16-8(15)9(10(11,12)13)6-4-3-5-7(9)14/h2-6H2,1H3. The summed E-state index contributed by atoms with van der Waals surface area (Å²) in [5.41, 5.74) is -2.92. The third kappa shape index (κ3) is 1.92. The molecule has 0 radical (unpaired) electrons. The minimum Gasteiger partial charge on any atom is -0.465 e. The molecular weight excluding hydrogens is 225 g/mol. The Morgan fingerprint density at radius 1 is 1.44 bits per heavy atom. The number of Topliss-reactive ketones (excluding diaryl/α,β-unsaturated/α-hetero) is 1. The SMILES string of the molecule is CCOC(=O)C1(C(F)(F)F)CCCCC1=O. The van der Waals surface area contributed by atoms with Crippen LogP contribution in [0.3, 0.4) is 0 Å². The molecule has 0 aromatic heterocycles. The zero-order valence-corrected chi connectivity index (χ0v) is 8.89. The van der Waals surface area contributed by atoms with Gasteiger partial charge in [-0.25, -0.2) is 0 Å². The Balaban J connectivity index is 3.10. The van der Waals surface area contributed by atoms with E-state index in [4.69, 9.17) is 0 Å². The van der Waals surface area contributed by atoms with Crippen LogP contribution in [0.2, 0.25) is 0 Å². The van der Waals surface area contributed by atoms with Crippen LogP contribution in [0.5, 0.6) is 0 Å². The normalized spacial score (nSPS) is 26.6. The van der Waals surface area contributed by atoms with Crippen LogP contribution in [0.1, 0.15) is 32.6 Å². The molecule has 1 fully saturated rings. The topological polar surface area (TPSA) is 43.4 Å². The van der Waals surface area contributed by atoms with Crippen molar-refractivity contribution in [3.63, 3.8) is 0 Å². The summed E-state index contributed by atoms with van der Waals surface area (Å²) in [7, 11) is 0. The van der Waals surface area contributed by atoms with Gasteiger partial charge in [0.05, 0.1) is 6.61 Å². The Morgan fingerprint density at radius 2 is 2.06 bits per heavy atom. The molecule has 0 aromatic carbocycles. The minimum atomic E-state index is -4.86. The third-order valence-electron chi connectivity index (χ3n) is 2.79. The van der Waals surface area contributed by atoms with Crippen molar-refractivity contribution >= 4 is 11.8 Å². The Labute approximate surface area is 91.0 Å². The van der Waals surface area contributed by atoms with Crippen molar-refractivity contribution in [1.29, 1.82) is 0 Å². The number of esters is 1. The number of halogens is 3. The van der Waals surface area contributed by atoms with Gasteiger partial charge in [-0.1, -0.05) is 6.42 Å². The van der Waals surface area contributed by atoms with Gasteiger partial charge in [0.25, 0.3) is 0 Å². The average Bonchev–Trinajstić information content (AvgIpc) is 2.16. The van der Waals surface area contributed by atoms with E-state index in [0.717, 1.165) is 0 Å². The largest absolute Gasteiger partial charge is 0.465 e. The molecule has 0 amide bonds. The maximum Gasteiger partial charge on any atom is 0.411 e. The van der Waals surface area contributed by atoms with Crippen LogP contribution in [0, 0.1) is 5.41 Å². The first-order valence-corrected chi connectivity index (χ1v) is 5.13. The van der Waals surface area contributed by atoms with Crippen molar-refractivity contribution in [3.05, 3.63) is 0 Å². The number of hydrogen-bond acceptors (Lipinski definition) is 3. The van der Waals surface area contributed by atoms with E-state index in [1.54, 1.807) is 0 Å². The molecule has 0 spiro atoms. The number of carbonyl (C=O) groups excluding carboxylic acids is 2. The molecular formula is C10H13F3O3. The second kappa shape index (κ2) is 4.43. The number of rotatable bonds is 2. The second-order valence-electron chi connectivity index (χ2n) is 3.75. The van der Waals surface area contributed by atoms with E-state index < -0.39 is 29.8 Å². The predicted octanol–water partition coefficient (Wildman–Crippen LogP) is 2.24. The summed E-state index contributed by atoms with van der Waals surface area (Å²) >= 11 is 0. The van der Waals surface area contributed by atoms with Crippen LogP contribution >= 0.6 is 0 Å². The van der Waals surface area contributed by atoms with Crippen molar-refractivity contribution < 1.29 is 27.5 Å². The summed E-state index contributed by atoms with van der Waals surface area (Å²) in [5, 5.41) is 0. The monoisotopic (exact) mass is 238 g/mol. The first kappa shape index (κ1) is 13.0. The summed E-state index contributed by atoms with van der Waals surface area (Å²) in [6, 6.07) is 0. The number of alkyl halides is 3. The van der Waals surface area contributed by atoms with Crippen LogP contribution in [0.25, 0.3) is 0 Å². The number of ether oxygens (including phenoxy) is 1. The molecule has 92 valence electrons. The lowest BCUT2D eigenvalue weighted by Gasteiger charge is -2.34. The Kier molecular flexibility index (Phi) is 3.60. The van der Waals surface area contributed by atoms with E-state index in [1.807, 2.05) is 0 Å². The van der Waals surface area contributed by atoms with E-state index >= 15 is 0 Å². The fraction of sp³-hybridized carbons (Fsp3) is 0.800. The van der Waals surface area contributed by atoms with Crippen LogP contribution in [-0.2, 0) is 14.3 Å². The van der Waals surface area contributed by atoms with Gasteiger partial charge in [0.2, 0.25) is 5.41 Å². The third-order valence-corrected chi connectivity index (χ3v) is 2.79. The van der Waals surface area contributed by atoms with E-state index in [1.165, 1.54) is 6.92 Å². The lowest BCUT2D eigenvalue weighted by molar-refractivity contribution is -0.234. The van der Waals surface area contributed by atoms with Crippen molar-refractivity contribution in [3.8, 4) is 0 Å². The van der Waals surface area contributed by atoms with Crippen LogP contribution in [-0.4, -0.2) is 24.5 Å². The van der Waals surface area contributed by atoms with Gasteiger partial charge in [-0.2, -0.15) is 13.2 Å². The smallest absolute Gasteiger partial charge is 0.411 e. The van der Waals surface area contributed by atoms with Gasteiger partial charge in [-0.05, 0) is 19.8 Å². The van der Waals surface area contributed by atoms with Crippen molar-refractivity contribution in [2.24, 2.45) is 5.41 Å². The Hall–Kier alpha value is -1.07. The van der Waals surface area contributed by atoms with Gasteiger partial charge in [0, 0.05) is 6.42 Å². The van der Waals surface area contributed by atoms with Gasteiger partial charge in [0.15, 0.2) is 5.78 Å². The summed E-state index contributed by atoms with van der Waals surface area (Å²) in [4.78, 5) is 22.9. The first-order valence-electron chi connectivity index (χ1n) is 5.13. The lowest BCUT2D eigenvalue weighted by Crippen LogP contribution is -2.53. The van der Waals surface area contributed by atoms with Crippen LogP contribution in [0.4, 0.5) is 13.2 Å². The van der Waals surface area contributed by atoms with Gasteiger partial charge in [-0.3, -0.25) is 9.59 Å². The molecule has 1 aliphatic carbocycles. The molecule has 1 saturated carbocycles. The minimum absolute atomic E-state index is 0.163. The first-order chi connectivity index (χ1) is 7.36. The van der Waals surface area contributed by atoms with Crippen LogP contribution in [0.15, 0.2) is 0 Å². The highest BCUT2D eigenvalue weighted by molar-refractivity contribution is 6.05. The molecule has 6 heteroatoms. The maximum atomic E-state index is 12.9. The molecule has 0 bridgehead atoms. The Morgan fingerprint density at radius 3 is 2.50 bits per heavy atom. The number of hydrogen-bond donors (Lipinski definition) is 0. The zero-order valence-electron chi connectivity index (χ0n) is 8.89. The molecule has 1 unspecified atom stereocenters. The molecule has 3 nitrogen and oxygen atoms in total. The van der Waals surface area contributed by atoms with E-state index in [-0.39, 0.29) is 19.4 Å². The average molecular weight is 238 g/mol. The molecule has 1 atom stereocenters. The highest BCUT2D eigenvalue weighted by Gasteiger charge is 2.66. The van der Waals surface area contributed by atoms with Gasteiger partial charge < -0.3 is 4.74 Å². The molecule has 0 aliphatic heterocycles. The molecule has 16 heavy (non-hydrogen) atoms. The number of carbonyl (C=O) groups is 2. The predicted molar refractivity (Wildman–Crippen MR) is 48.6 cm³/mol. The summed E-state index contributed by atoms with van der Waals surface area (Å²) in [6.45, 7) is 1.25. The molecule has 0 heterocycles.